The number of rotatable bonds is 3. The Bertz CT molecular complexity index is 165. The quantitative estimate of drug-likeness (QED) is 0.226. The Morgan fingerprint density at radius 1 is 1.56 bits per heavy atom. The first kappa shape index (κ1) is 9.26. The summed E-state index contributed by atoms with van der Waals surface area (Å²) in [7, 11) is 0. The number of azide groups is 1. The summed E-state index contributed by atoms with van der Waals surface area (Å²) in [5, 5.41) is 0. The van der Waals surface area contributed by atoms with Gasteiger partial charge in [-0.25, -0.2) is 0 Å². The predicted molar refractivity (Wildman–Crippen MR) is 42.9 cm³/mol. The number of hydrogen-bond acceptors (Lipinski definition) is 1. The van der Waals surface area contributed by atoms with Crippen molar-refractivity contribution in [3.05, 3.63) is 10.4 Å². The minimum atomic E-state index is -1.35. The molecule has 0 atom stereocenters. The normalized spacial score (nSPS) is 10.4. The van der Waals surface area contributed by atoms with E-state index in [0.29, 0.717) is 0 Å². The van der Waals surface area contributed by atoms with Gasteiger partial charge in [0.25, 0.3) is 0 Å². The summed E-state index contributed by atoms with van der Waals surface area (Å²) in [4.78, 5) is 6.52. The van der Waals surface area contributed by atoms with Gasteiger partial charge in [-0.05, 0) is 0 Å². The first-order valence-electron chi connectivity index (χ1n) is 2.83. The fourth-order valence-corrected chi connectivity index (χ4v) is 1.47. The summed E-state index contributed by atoms with van der Waals surface area (Å²) in [6.45, 7) is 4.09. The summed E-state index contributed by atoms with van der Waals surface area (Å²) < 4.78 is 0. The van der Waals surface area contributed by atoms with Crippen LogP contribution in [0.1, 0.15) is 13.8 Å². The van der Waals surface area contributed by atoms with Crippen molar-refractivity contribution in [2.24, 2.45) is 4.88 Å². The monoisotopic (exact) mass is 211 g/mol. The fourth-order valence-electron chi connectivity index (χ4n) is 0.423. The Balaban J connectivity index is 4.28. The zero-order valence-corrected chi connectivity index (χ0v) is 8.22. The van der Waals surface area contributed by atoms with Crippen LogP contribution in [0, 0.1) is 0 Å². The molecule has 0 unspecified atom stereocenters. The van der Waals surface area contributed by atoms with E-state index in [9.17, 15) is 0 Å². The Kier molecular flexibility index (Phi) is 4.25. The van der Waals surface area contributed by atoms with Gasteiger partial charge < -0.3 is 0 Å². The van der Waals surface area contributed by atoms with Crippen LogP contribution in [0.3, 0.4) is 0 Å². The zero-order chi connectivity index (χ0) is 7.33. The van der Waals surface area contributed by atoms with Crippen LogP contribution in [0.15, 0.2) is 4.88 Å². The van der Waals surface area contributed by atoms with E-state index in [-0.39, 0.29) is 0 Å². The molecule has 0 rings (SSSR count). The maximum absolute atomic E-state index is 8.13. The molecule has 0 aliphatic heterocycles. The van der Waals surface area contributed by atoms with Crippen LogP contribution < -0.4 is 0 Å². The van der Waals surface area contributed by atoms with Gasteiger partial charge in [-0.2, -0.15) is 0 Å². The molecule has 3 nitrogen and oxygen atoms in total. The van der Waals surface area contributed by atoms with Crippen molar-refractivity contribution in [2.45, 2.75) is 13.8 Å². The predicted octanol–water partition coefficient (Wildman–Crippen LogP) is 2.35. The van der Waals surface area contributed by atoms with Crippen molar-refractivity contribution in [3.8, 4) is 0 Å². The van der Waals surface area contributed by atoms with E-state index in [4.69, 9.17) is 5.53 Å². The van der Waals surface area contributed by atoms with E-state index in [1.807, 2.05) is 13.8 Å². The van der Waals surface area contributed by atoms with E-state index >= 15 is 0 Å². The van der Waals surface area contributed by atoms with E-state index in [1.165, 1.54) is 0 Å². The topological polar surface area (TPSA) is 48.8 Å². The third-order valence-corrected chi connectivity index (χ3v) is 7.28. The van der Waals surface area contributed by atoms with Crippen LogP contribution in [0.5, 0.6) is 0 Å². The average molecular weight is 210 g/mol. The fraction of sp³-hybridized carbons (Fsp3) is 1.00. The number of nitrogens with zero attached hydrogens (tertiary/aromatic N) is 3. The van der Waals surface area contributed by atoms with Gasteiger partial charge in [0.05, 0.1) is 0 Å². The van der Waals surface area contributed by atoms with Crippen LogP contribution in [-0.4, -0.2) is 27.4 Å². The first-order chi connectivity index (χ1) is 4.18. The van der Waals surface area contributed by atoms with Crippen molar-refractivity contribution in [3.63, 3.8) is 0 Å². The molecule has 0 aromatic carbocycles. The minimum absolute atomic E-state index is 0.966. The van der Waals surface area contributed by atoms with Gasteiger partial charge in [-0.1, -0.05) is 0 Å². The van der Waals surface area contributed by atoms with Gasteiger partial charge in [-0.15, -0.1) is 0 Å². The van der Waals surface area contributed by atoms with Gasteiger partial charge in [0.15, 0.2) is 0 Å². The Hall–Kier alpha value is 0.259. The van der Waals surface area contributed by atoms with Gasteiger partial charge in [0, 0.05) is 0 Å². The molecular formula is C4H10N3PSe. The first-order valence-corrected chi connectivity index (χ1v) is 7.16. The number of hydrogen-bond donors (Lipinski definition) is 0. The Morgan fingerprint density at radius 3 is 2.11 bits per heavy atom. The second-order valence-corrected chi connectivity index (χ2v) is 9.07. The molecule has 52 valence electrons. The second-order valence-electron chi connectivity index (χ2n) is 1.66. The summed E-state index contributed by atoms with van der Waals surface area (Å²) in [6.07, 6.45) is 1.93. The van der Waals surface area contributed by atoms with E-state index in [2.05, 4.69) is 24.9 Å². The van der Waals surface area contributed by atoms with E-state index in [1.54, 1.807) is 0 Å². The van der Waals surface area contributed by atoms with E-state index in [0.717, 1.165) is 12.3 Å². The SMILES string of the molecule is CCP(=[Se])(CC)N=[N+]=[N-]. The van der Waals surface area contributed by atoms with E-state index < -0.39 is 5.66 Å². The molecule has 0 aliphatic rings. The standard InChI is InChI=1S/C4H10N3PSe/c1-3-8(9,4-2)7-6-5/h3-4H2,1-2H3. The molecule has 0 amide bonds. The molecule has 0 bridgehead atoms. The van der Waals surface area contributed by atoms with Crippen LogP contribution >= 0.6 is 5.66 Å². The molecule has 9 heavy (non-hydrogen) atoms. The molecule has 0 radical (unpaired) electrons. The second kappa shape index (κ2) is 4.14. The van der Waals surface area contributed by atoms with Gasteiger partial charge in [0.1, 0.15) is 0 Å². The average Bonchev–Trinajstić information content (AvgIpc) is 1.89. The zero-order valence-electron chi connectivity index (χ0n) is 5.61. The van der Waals surface area contributed by atoms with Gasteiger partial charge in [0.2, 0.25) is 0 Å². The Morgan fingerprint density at radius 2 is 2.00 bits per heavy atom. The van der Waals surface area contributed by atoms with Crippen molar-refractivity contribution in [1.29, 1.82) is 0 Å². The van der Waals surface area contributed by atoms with Gasteiger partial charge in [-0.3, -0.25) is 0 Å². The van der Waals surface area contributed by atoms with Crippen LogP contribution in [0.4, 0.5) is 0 Å². The molecule has 0 heterocycles. The molecule has 0 fully saturated rings. The van der Waals surface area contributed by atoms with Crippen molar-refractivity contribution in [2.75, 3.05) is 12.3 Å². The van der Waals surface area contributed by atoms with Crippen molar-refractivity contribution >= 4 is 20.8 Å². The summed E-state index contributed by atoms with van der Waals surface area (Å²) >= 11 is 2.98. The summed E-state index contributed by atoms with van der Waals surface area (Å²) in [5.41, 5.74) is 6.78. The molecule has 0 aromatic rings. The van der Waals surface area contributed by atoms with Gasteiger partial charge >= 0.3 is 62.3 Å². The molecule has 0 N–H and O–H groups in total. The van der Waals surface area contributed by atoms with Crippen LogP contribution in [0.25, 0.3) is 10.4 Å². The van der Waals surface area contributed by atoms with Crippen molar-refractivity contribution < 1.29 is 0 Å². The molecule has 0 saturated heterocycles. The molecule has 5 heteroatoms. The third kappa shape index (κ3) is 3.07. The molecule has 0 spiro atoms. The van der Waals surface area contributed by atoms with Crippen LogP contribution in [-0.2, 0) is 0 Å². The van der Waals surface area contributed by atoms with Crippen molar-refractivity contribution in [1.82, 2.24) is 0 Å². The van der Waals surface area contributed by atoms with Crippen LogP contribution in [0.2, 0.25) is 0 Å². The maximum atomic E-state index is 8.13. The summed E-state index contributed by atoms with van der Waals surface area (Å²) in [5.74, 6) is 0. The molecule has 0 saturated carbocycles. The third-order valence-electron chi connectivity index (χ3n) is 1.19. The molecular weight excluding hydrogens is 200 g/mol. The molecule has 0 aromatic heterocycles. The Labute approximate surface area is 62.7 Å². The summed E-state index contributed by atoms with van der Waals surface area (Å²) in [6, 6.07) is 0. The molecule has 0 aliphatic carbocycles.